The Balaban J connectivity index is 1.44. The lowest BCUT2D eigenvalue weighted by molar-refractivity contribution is -0.136. The third-order valence-corrected chi connectivity index (χ3v) is 6.39. The Morgan fingerprint density at radius 3 is 2.32 bits per heavy atom. The Bertz CT molecular complexity index is 848. The third-order valence-electron chi connectivity index (χ3n) is 6.39. The van der Waals surface area contributed by atoms with Crippen molar-refractivity contribution in [1.82, 2.24) is 4.90 Å². The number of nitrogens with zero attached hydrogens (tertiary/aromatic N) is 1. The second-order valence-electron chi connectivity index (χ2n) is 8.71. The smallest absolute Gasteiger partial charge is 0.416 e. The van der Waals surface area contributed by atoms with Crippen LogP contribution in [0.4, 0.5) is 4.79 Å². The minimum Gasteiger partial charge on any atom is -0.447 e. The fraction of sp³-hybridized carbons (Fsp3) is 0.462. The molecule has 1 saturated carbocycles. The summed E-state index contributed by atoms with van der Waals surface area (Å²) in [5, 5.41) is 0. The van der Waals surface area contributed by atoms with E-state index >= 15 is 0 Å². The number of hydrogen-bond acceptors (Lipinski definition) is 4. The normalized spacial score (nSPS) is 20.1. The molecular formula is C26H31NO4. The zero-order valence-corrected chi connectivity index (χ0v) is 17.9. The Hall–Kier alpha value is -2.66. The number of benzene rings is 2. The number of carbonyl (C=O) groups excluding carboxylic acids is 2. The molecule has 2 aliphatic rings. The van der Waals surface area contributed by atoms with Crippen LogP contribution in [0.5, 0.6) is 0 Å². The maximum Gasteiger partial charge on any atom is 0.416 e. The van der Waals surface area contributed by atoms with Gasteiger partial charge in [-0.15, -0.1) is 0 Å². The lowest BCUT2D eigenvalue weighted by atomic mass is 9.92. The summed E-state index contributed by atoms with van der Waals surface area (Å²) >= 11 is 0. The van der Waals surface area contributed by atoms with Crippen molar-refractivity contribution in [2.24, 2.45) is 11.8 Å². The molecule has 1 aliphatic carbocycles. The van der Waals surface area contributed by atoms with Crippen molar-refractivity contribution in [2.45, 2.75) is 51.2 Å². The Kier molecular flexibility index (Phi) is 7.36. The molecule has 2 aromatic rings. The molecule has 5 nitrogen and oxygen atoms in total. The van der Waals surface area contributed by atoms with Crippen LogP contribution in [0, 0.1) is 11.8 Å². The average Bonchev–Trinajstić information content (AvgIpc) is 3.44. The number of ether oxygens (including phenoxy) is 2. The quantitative estimate of drug-likeness (QED) is 0.572. The lowest BCUT2D eigenvalue weighted by Gasteiger charge is -2.26. The topological polar surface area (TPSA) is 55.8 Å². The summed E-state index contributed by atoms with van der Waals surface area (Å²) in [5.74, 6) is 0.0552. The molecule has 0 aromatic heterocycles. The maximum absolute atomic E-state index is 13.5. The predicted octanol–water partition coefficient (Wildman–Crippen LogP) is 4.99. The Morgan fingerprint density at radius 1 is 1.00 bits per heavy atom. The first-order valence-electron chi connectivity index (χ1n) is 11.4. The summed E-state index contributed by atoms with van der Waals surface area (Å²) in [5.41, 5.74) is 2.17. The summed E-state index contributed by atoms with van der Waals surface area (Å²) in [6, 6.07) is 19.6. The van der Waals surface area contributed by atoms with Crippen molar-refractivity contribution in [1.29, 1.82) is 0 Å². The average molecular weight is 422 g/mol. The van der Waals surface area contributed by atoms with E-state index in [-0.39, 0.29) is 24.5 Å². The summed E-state index contributed by atoms with van der Waals surface area (Å²) in [6.07, 6.45) is 5.61. The first kappa shape index (κ1) is 21.6. The molecule has 0 bridgehead atoms. The van der Waals surface area contributed by atoms with Gasteiger partial charge in [-0.25, -0.2) is 9.69 Å². The second kappa shape index (κ2) is 10.6. The standard InChI is InChI=1S/C26H31NO4/c28-25(27-24(19-31-26(27)29)16-21-9-3-1-4-10-21)23(15-20-11-7-8-12-20)18-30-17-22-13-5-2-6-14-22/h1-6,9-10,13-14,20,23-24H,7-8,11-12,15-19H2/t23-,24+/m1/s1. The second-order valence-corrected chi connectivity index (χ2v) is 8.71. The molecule has 4 rings (SSSR count). The minimum absolute atomic E-state index is 0.150. The van der Waals surface area contributed by atoms with E-state index in [1.807, 2.05) is 60.7 Å². The van der Waals surface area contributed by atoms with Crippen LogP contribution in [0.25, 0.3) is 0 Å². The fourth-order valence-corrected chi connectivity index (χ4v) is 4.75. The molecule has 1 heterocycles. The van der Waals surface area contributed by atoms with Crippen LogP contribution < -0.4 is 0 Å². The fourth-order valence-electron chi connectivity index (χ4n) is 4.75. The zero-order valence-electron chi connectivity index (χ0n) is 17.9. The number of carbonyl (C=O) groups is 2. The van der Waals surface area contributed by atoms with Gasteiger partial charge in [0.05, 0.1) is 25.2 Å². The van der Waals surface area contributed by atoms with Crippen molar-refractivity contribution in [3.63, 3.8) is 0 Å². The number of rotatable bonds is 9. The van der Waals surface area contributed by atoms with Gasteiger partial charge in [-0.1, -0.05) is 86.3 Å². The van der Waals surface area contributed by atoms with Gasteiger partial charge in [-0.2, -0.15) is 0 Å². The maximum atomic E-state index is 13.5. The molecule has 31 heavy (non-hydrogen) atoms. The lowest BCUT2D eigenvalue weighted by Crippen LogP contribution is -2.45. The first-order valence-corrected chi connectivity index (χ1v) is 11.4. The van der Waals surface area contributed by atoms with E-state index in [2.05, 4.69) is 0 Å². The van der Waals surface area contributed by atoms with Gasteiger partial charge >= 0.3 is 6.09 Å². The van der Waals surface area contributed by atoms with Gasteiger partial charge in [0.1, 0.15) is 6.61 Å². The monoisotopic (exact) mass is 421 g/mol. The SMILES string of the molecule is O=C1OC[C@H](Cc2ccccc2)N1C(=O)[C@@H](COCc1ccccc1)CC1CCCC1. The van der Waals surface area contributed by atoms with Gasteiger partial charge in [0, 0.05) is 0 Å². The number of cyclic esters (lactones) is 1. The van der Waals surface area contributed by atoms with Crippen LogP contribution in [-0.2, 0) is 27.3 Å². The first-order chi connectivity index (χ1) is 15.2. The van der Waals surface area contributed by atoms with Gasteiger partial charge in [0.25, 0.3) is 0 Å². The molecule has 2 fully saturated rings. The van der Waals surface area contributed by atoms with Crippen LogP contribution in [0.1, 0.15) is 43.2 Å². The van der Waals surface area contributed by atoms with E-state index in [9.17, 15) is 9.59 Å². The van der Waals surface area contributed by atoms with E-state index < -0.39 is 6.09 Å². The summed E-state index contributed by atoms with van der Waals surface area (Å²) < 4.78 is 11.3. The molecule has 0 N–H and O–H groups in total. The van der Waals surface area contributed by atoms with Crippen LogP contribution in [-0.4, -0.2) is 36.2 Å². The van der Waals surface area contributed by atoms with Crippen molar-refractivity contribution in [3.8, 4) is 0 Å². The Labute approximate surface area is 184 Å². The number of amides is 2. The molecule has 2 aromatic carbocycles. The van der Waals surface area contributed by atoms with E-state index in [1.54, 1.807) is 0 Å². The molecule has 5 heteroatoms. The van der Waals surface area contributed by atoms with E-state index in [0.717, 1.165) is 30.4 Å². The van der Waals surface area contributed by atoms with Gasteiger partial charge in [-0.05, 0) is 29.9 Å². The molecule has 0 spiro atoms. The van der Waals surface area contributed by atoms with Crippen LogP contribution in [0.2, 0.25) is 0 Å². The molecule has 164 valence electrons. The van der Waals surface area contributed by atoms with Crippen molar-refractivity contribution >= 4 is 12.0 Å². The predicted molar refractivity (Wildman–Crippen MR) is 118 cm³/mol. The van der Waals surface area contributed by atoms with Crippen molar-refractivity contribution < 1.29 is 19.1 Å². The van der Waals surface area contributed by atoms with Gasteiger partial charge in [-0.3, -0.25) is 4.79 Å². The Morgan fingerprint density at radius 2 is 1.65 bits per heavy atom. The number of hydrogen-bond donors (Lipinski definition) is 0. The van der Waals surface area contributed by atoms with Crippen molar-refractivity contribution in [2.75, 3.05) is 13.2 Å². The largest absolute Gasteiger partial charge is 0.447 e. The highest BCUT2D eigenvalue weighted by Gasteiger charge is 2.41. The minimum atomic E-state index is -0.523. The highest BCUT2D eigenvalue weighted by molar-refractivity contribution is 5.95. The molecular weight excluding hydrogens is 390 g/mol. The zero-order chi connectivity index (χ0) is 21.5. The summed E-state index contributed by atoms with van der Waals surface area (Å²) in [6.45, 7) is 1.04. The van der Waals surface area contributed by atoms with Crippen LogP contribution in [0.3, 0.4) is 0 Å². The van der Waals surface area contributed by atoms with Crippen molar-refractivity contribution in [3.05, 3.63) is 71.8 Å². The molecule has 2 amide bonds. The highest BCUT2D eigenvalue weighted by atomic mass is 16.6. The molecule has 2 atom stereocenters. The van der Waals surface area contributed by atoms with E-state index in [1.165, 1.54) is 17.7 Å². The van der Waals surface area contributed by atoms with Crippen LogP contribution in [0.15, 0.2) is 60.7 Å². The molecule has 0 unspecified atom stereocenters. The summed E-state index contributed by atoms with van der Waals surface area (Å²) in [7, 11) is 0. The van der Waals surface area contributed by atoms with Gasteiger partial charge < -0.3 is 9.47 Å². The van der Waals surface area contributed by atoms with Crippen LogP contribution >= 0.6 is 0 Å². The number of imide groups is 1. The van der Waals surface area contributed by atoms with E-state index in [4.69, 9.17) is 9.47 Å². The summed E-state index contributed by atoms with van der Waals surface area (Å²) in [4.78, 5) is 27.4. The van der Waals surface area contributed by atoms with E-state index in [0.29, 0.717) is 25.6 Å². The molecule has 0 radical (unpaired) electrons. The molecule has 1 aliphatic heterocycles. The third kappa shape index (κ3) is 5.73. The van der Waals surface area contributed by atoms with Gasteiger partial charge in [0.2, 0.25) is 5.91 Å². The highest BCUT2D eigenvalue weighted by Crippen LogP contribution is 2.32. The molecule has 1 saturated heterocycles. The van der Waals surface area contributed by atoms with Gasteiger partial charge in [0.15, 0.2) is 0 Å².